The Morgan fingerprint density at radius 2 is 1.73 bits per heavy atom. The molecule has 0 aliphatic carbocycles. The molecule has 11 nitrogen and oxygen atoms in total. The number of rotatable bonds is 8. The van der Waals surface area contributed by atoms with Crippen molar-refractivity contribution in [3.63, 3.8) is 0 Å². The van der Waals surface area contributed by atoms with Crippen molar-refractivity contribution in [2.24, 2.45) is 5.10 Å². The maximum atomic E-state index is 12.5. The van der Waals surface area contributed by atoms with Gasteiger partial charge < -0.3 is 5.32 Å². The molecule has 12 heteroatoms. The van der Waals surface area contributed by atoms with Crippen molar-refractivity contribution >= 4 is 39.4 Å². The van der Waals surface area contributed by atoms with E-state index in [1.54, 1.807) is 0 Å². The molecular formula is C18H19N5O6S. The van der Waals surface area contributed by atoms with Crippen LogP contribution in [0.5, 0.6) is 0 Å². The molecule has 0 fully saturated rings. The Balaban J connectivity index is 1.95. The topological polar surface area (TPSA) is 151 Å². The first-order valence-electron chi connectivity index (χ1n) is 8.50. The fraction of sp³-hybridized carbons (Fsp3) is 0.167. The highest BCUT2D eigenvalue weighted by molar-refractivity contribution is 7.89. The maximum absolute atomic E-state index is 12.5. The smallest absolute Gasteiger partial charge is 0.269 e. The van der Waals surface area contributed by atoms with E-state index in [-0.39, 0.29) is 16.5 Å². The van der Waals surface area contributed by atoms with Gasteiger partial charge in [0.2, 0.25) is 15.9 Å². The Morgan fingerprint density at radius 1 is 1.13 bits per heavy atom. The fourth-order valence-corrected chi connectivity index (χ4v) is 3.40. The molecule has 158 valence electrons. The molecule has 0 atom stereocenters. The summed E-state index contributed by atoms with van der Waals surface area (Å²) < 4.78 is 26.0. The zero-order valence-electron chi connectivity index (χ0n) is 16.1. The molecule has 2 aromatic rings. The van der Waals surface area contributed by atoms with E-state index in [1.807, 2.05) is 0 Å². The van der Waals surface area contributed by atoms with Crippen LogP contribution in [0, 0.1) is 10.1 Å². The molecule has 0 radical (unpaired) electrons. The predicted molar refractivity (Wildman–Crippen MR) is 109 cm³/mol. The second-order valence-corrected chi connectivity index (χ2v) is 8.15. The van der Waals surface area contributed by atoms with Gasteiger partial charge in [0.05, 0.1) is 22.6 Å². The zero-order chi connectivity index (χ0) is 22.3. The van der Waals surface area contributed by atoms with E-state index in [2.05, 4.69) is 15.8 Å². The minimum Gasteiger partial charge on any atom is -0.326 e. The minimum absolute atomic E-state index is 0.0405. The molecule has 30 heavy (non-hydrogen) atoms. The average molecular weight is 433 g/mol. The van der Waals surface area contributed by atoms with Crippen molar-refractivity contribution < 1.29 is 22.9 Å². The maximum Gasteiger partial charge on any atom is 0.269 e. The number of benzene rings is 2. The number of nitro groups is 1. The molecule has 0 heterocycles. The first kappa shape index (κ1) is 22.6. The van der Waals surface area contributed by atoms with E-state index >= 15 is 0 Å². The molecule has 2 rings (SSSR count). The van der Waals surface area contributed by atoms with Crippen LogP contribution >= 0.6 is 0 Å². The molecule has 2 amide bonds. The highest BCUT2D eigenvalue weighted by Gasteiger charge is 2.22. The quantitative estimate of drug-likeness (QED) is 0.364. The fourth-order valence-electron chi connectivity index (χ4n) is 2.28. The SMILES string of the molecule is CC(=O)Nc1ccc(S(=O)(=O)N(C)CC(=O)N/N=C\c2ccc([N+](=O)[O-])cc2)cc1. The Bertz CT molecular complexity index is 1070. The lowest BCUT2D eigenvalue weighted by atomic mass is 10.2. The monoisotopic (exact) mass is 433 g/mol. The molecule has 0 unspecified atom stereocenters. The highest BCUT2D eigenvalue weighted by Crippen LogP contribution is 2.17. The van der Waals surface area contributed by atoms with Crippen molar-refractivity contribution in [2.75, 3.05) is 18.9 Å². The number of anilines is 1. The summed E-state index contributed by atoms with van der Waals surface area (Å²) in [5, 5.41) is 16.8. The van der Waals surface area contributed by atoms with Crippen molar-refractivity contribution in [3.05, 3.63) is 64.2 Å². The van der Waals surface area contributed by atoms with Crippen LogP contribution in [-0.2, 0) is 19.6 Å². The standard InChI is InChI=1S/C18H19N5O6S/c1-13(24)20-15-5-9-17(10-6-15)30(28,29)22(2)12-18(25)21-19-11-14-3-7-16(8-4-14)23(26)27/h3-11H,12H2,1-2H3,(H,20,24)(H,21,25)/b19-11-. The van der Waals surface area contributed by atoms with Crippen LogP contribution in [0.1, 0.15) is 12.5 Å². The molecule has 0 aliphatic heterocycles. The highest BCUT2D eigenvalue weighted by atomic mass is 32.2. The van der Waals surface area contributed by atoms with Gasteiger partial charge in [-0.1, -0.05) is 0 Å². The average Bonchev–Trinajstić information content (AvgIpc) is 2.68. The summed E-state index contributed by atoms with van der Waals surface area (Å²) in [6.45, 7) is 0.856. The number of hydrogen-bond donors (Lipinski definition) is 2. The number of sulfonamides is 1. The normalized spacial score (nSPS) is 11.4. The Labute approximate surface area is 172 Å². The summed E-state index contributed by atoms with van der Waals surface area (Å²) >= 11 is 0. The lowest BCUT2D eigenvalue weighted by Gasteiger charge is -2.16. The van der Waals surface area contributed by atoms with E-state index in [0.717, 1.165) is 4.31 Å². The first-order chi connectivity index (χ1) is 14.1. The number of likely N-dealkylation sites (N-methyl/N-ethyl adjacent to an activating group) is 1. The van der Waals surface area contributed by atoms with Crippen LogP contribution < -0.4 is 10.7 Å². The molecular weight excluding hydrogens is 414 g/mol. The van der Waals surface area contributed by atoms with Gasteiger partial charge in [-0.05, 0) is 42.0 Å². The third kappa shape index (κ3) is 6.18. The largest absolute Gasteiger partial charge is 0.326 e. The van der Waals surface area contributed by atoms with Gasteiger partial charge in [0, 0.05) is 31.8 Å². The van der Waals surface area contributed by atoms with Crippen LogP contribution in [0.3, 0.4) is 0 Å². The Kier molecular flexibility index (Phi) is 7.33. The van der Waals surface area contributed by atoms with Gasteiger partial charge in [0.15, 0.2) is 0 Å². The zero-order valence-corrected chi connectivity index (χ0v) is 16.9. The summed E-state index contributed by atoms with van der Waals surface area (Å²) in [5.41, 5.74) is 3.08. The van der Waals surface area contributed by atoms with Gasteiger partial charge in [-0.15, -0.1) is 0 Å². The molecule has 0 saturated carbocycles. The molecule has 0 aromatic heterocycles. The summed E-state index contributed by atoms with van der Waals surface area (Å²) in [6.07, 6.45) is 1.27. The molecule has 0 saturated heterocycles. The number of nitrogens with one attached hydrogen (secondary N) is 2. The molecule has 0 spiro atoms. The van der Waals surface area contributed by atoms with Gasteiger partial charge in [-0.25, -0.2) is 13.8 Å². The number of carbonyl (C=O) groups excluding carboxylic acids is 2. The Morgan fingerprint density at radius 3 is 2.27 bits per heavy atom. The van der Waals surface area contributed by atoms with E-state index < -0.39 is 27.4 Å². The Hall–Kier alpha value is -3.64. The summed E-state index contributed by atoms with van der Waals surface area (Å²) in [5.74, 6) is -0.956. The van der Waals surface area contributed by atoms with Crippen molar-refractivity contribution in [1.82, 2.24) is 9.73 Å². The second kappa shape index (κ2) is 9.71. The van der Waals surface area contributed by atoms with Crippen LogP contribution in [0.2, 0.25) is 0 Å². The lowest BCUT2D eigenvalue weighted by Crippen LogP contribution is -2.36. The van der Waals surface area contributed by atoms with Gasteiger partial charge in [-0.2, -0.15) is 9.41 Å². The van der Waals surface area contributed by atoms with Gasteiger partial charge in [0.1, 0.15) is 0 Å². The molecule has 0 bridgehead atoms. The number of non-ortho nitro benzene ring substituents is 1. The van der Waals surface area contributed by atoms with Crippen molar-refractivity contribution in [3.8, 4) is 0 Å². The number of hydrogen-bond acceptors (Lipinski definition) is 7. The van der Waals surface area contributed by atoms with Crippen LogP contribution in [0.25, 0.3) is 0 Å². The second-order valence-electron chi connectivity index (χ2n) is 6.11. The van der Waals surface area contributed by atoms with Gasteiger partial charge in [-0.3, -0.25) is 19.7 Å². The van der Waals surface area contributed by atoms with Crippen molar-refractivity contribution in [1.29, 1.82) is 0 Å². The number of amides is 2. The van der Waals surface area contributed by atoms with E-state index in [0.29, 0.717) is 11.3 Å². The third-order valence-electron chi connectivity index (χ3n) is 3.76. The third-order valence-corrected chi connectivity index (χ3v) is 5.57. The van der Waals surface area contributed by atoms with E-state index in [1.165, 1.54) is 68.7 Å². The number of nitro benzene ring substituents is 1. The molecule has 2 aromatic carbocycles. The first-order valence-corrected chi connectivity index (χ1v) is 9.94. The predicted octanol–water partition coefficient (Wildman–Crippen LogP) is 1.32. The van der Waals surface area contributed by atoms with E-state index in [4.69, 9.17) is 0 Å². The molecule has 0 aliphatic rings. The van der Waals surface area contributed by atoms with Gasteiger partial charge >= 0.3 is 0 Å². The van der Waals surface area contributed by atoms with Crippen LogP contribution in [0.4, 0.5) is 11.4 Å². The van der Waals surface area contributed by atoms with Gasteiger partial charge in [0.25, 0.3) is 11.6 Å². The number of hydrazone groups is 1. The lowest BCUT2D eigenvalue weighted by molar-refractivity contribution is -0.384. The van der Waals surface area contributed by atoms with E-state index in [9.17, 15) is 28.1 Å². The molecule has 2 N–H and O–H groups in total. The van der Waals surface area contributed by atoms with Crippen LogP contribution in [0.15, 0.2) is 58.5 Å². The minimum atomic E-state index is -3.93. The summed E-state index contributed by atoms with van der Waals surface area (Å²) in [6, 6.07) is 11.0. The summed E-state index contributed by atoms with van der Waals surface area (Å²) in [4.78, 5) is 33.0. The number of nitrogens with zero attached hydrogens (tertiary/aromatic N) is 3. The van der Waals surface area contributed by atoms with Crippen molar-refractivity contribution in [2.45, 2.75) is 11.8 Å². The summed E-state index contributed by atoms with van der Waals surface area (Å²) in [7, 11) is -2.68. The number of carbonyl (C=O) groups is 2. The van der Waals surface area contributed by atoms with Crippen LogP contribution in [-0.4, -0.2) is 49.3 Å².